The van der Waals surface area contributed by atoms with Gasteiger partial charge in [-0.05, 0) is 35.9 Å². The Kier molecular flexibility index (Phi) is 6.92. The molecule has 1 aromatic heterocycles. The highest BCUT2D eigenvalue weighted by Gasteiger charge is 2.44. The number of aryl methyl sites for hydroxylation is 1. The Morgan fingerprint density at radius 1 is 0.939 bits per heavy atom. The van der Waals surface area contributed by atoms with Crippen LogP contribution in [0.5, 0.6) is 11.5 Å². The molecule has 0 radical (unpaired) electrons. The van der Waals surface area contributed by atoms with Crippen molar-refractivity contribution in [2.24, 2.45) is 7.05 Å². The molecule has 174 valence electrons. The fourth-order valence-corrected chi connectivity index (χ4v) is 3.88. The number of para-hydroxylation sites is 1. The van der Waals surface area contributed by atoms with Crippen LogP contribution in [0.1, 0.15) is 11.3 Å². The minimum Gasteiger partial charge on any atom is -0.493 e. The van der Waals surface area contributed by atoms with Gasteiger partial charge in [0, 0.05) is 23.6 Å². The number of aromatic nitrogens is 1. The maximum atomic E-state index is 10.2. The lowest BCUT2D eigenvalue weighted by molar-refractivity contribution is -0.646. The van der Waals surface area contributed by atoms with Crippen LogP contribution in [-0.4, -0.2) is 64.8 Å². The lowest BCUT2D eigenvalue weighted by Gasteiger charge is -2.39. The van der Waals surface area contributed by atoms with Gasteiger partial charge in [0.25, 0.3) is 0 Å². The second-order valence-electron chi connectivity index (χ2n) is 7.93. The summed E-state index contributed by atoms with van der Waals surface area (Å²) in [7, 11) is 3.51. The summed E-state index contributed by atoms with van der Waals surface area (Å²) in [5.74, 6) is 0.687. The van der Waals surface area contributed by atoms with Crippen LogP contribution in [0.25, 0.3) is 23.1 Å². The third-order valence-corrected chi connectivity index (χ3v) is 5.84. The Labute approximate surface area is 191 Å². The first-order chi connectivity index (χ1) is 15.9. The van der Waals surface area contributed by atoms with E-state index in [0.29, 0.717) is 5.75 Å². The number of rotatable bonds is 6. The minimum absolute atomic E-state index is 0.287. The second kappa shape index (κ2) is 9.86. The van der Waals surface area contributed by atoms with Gasteiger partial charge in [-0.3, -0.25) is 0 Å². The number of aliphatic hydroxyl groups is 4. The number of pyridine rings is 1. The zero-order chi connectivity index (χ0) is 23.5. The molecule has 1 unspecified atom stereocenters. The average Bonchev–Trinajstić information content (AvgIpc) is 2.84. The van der Waals surface area contributed by atoms with Crippen molar-refractivity contribution in [1.82, 2.24) is 0 Å². The highest BCUT2D eigenvalue weighted by Crippen LogP contribution is 2.32. The highest BCUT2D eigenvalue weighted by molar-refractivity contribution is 5.77. The molecule has 5 atom stereocenters. The van der Waals surface area contributed by atoms with Crippen LogP contribution in [0.4, 0.5) is 0 Å². The van der Waals surface area contributed by atoms with Crippen molar-refractivity contribution >= 4 is 23.1 Å². The summed E-state index contributed by atoms with van der Waals surface area (Å²) in [5, 5.41) is 40.6. The zero-order valence-electron chi connectivity index (χ0n) is 18.4. The fraction of sp³-hybridized carbons (Fsp3) is 0.320. The van der Waals surface area contributed by atoms with Crippen molar-refractivity contribution < 1.29 is 39.2 Å². The van der Waals surface area contributed by atoms with Gasteiger partial charge in [0.05, 0.1) is 13.7 Å². The van der Waals surface area contributed by atoms with E-state index in [1.54, 1.807) is 12.1 Å². The number of hydrogen-bond donors (Lipinski definition) is 4. The third-order valence-electron chi connectivity index (χ3n) is 5.84. The quantitative estimate of drug-likeness (QED) is 0.412. The molecule has 0 amide bonds. The number of fused-ring (bicyclic) bond motifs is 1. The summed E-state index contributed by atoms with van der Waals surface area (Å²) in [6, 6.07) is 17.5. The van der Waals surface area contributed by atoms with E-state index in [-0.39, 0.29) is 5.75 Å². The van der Waals surface area contributed by atoms with Crippen LogP contribution in [-0.2, 0) is 11.8 Å². The molecule has 3 aromatic rings. The predicted octanol–water partition coefficient (Wildman–Crippen LogP) is 1.02. The van der Waals surface area contributed by atoms with E-state index in [1.165, 1.54) is 7.11 Å². The number of ether oxygens (including phenoxy) is 3. The molecule has 1 aliphatic rings. The van der Waals surface area contributed by atoms with Crippen molar-refractivity contribution in [3.05, 3.63) is 65.9 Å². The van der Waals surface area contributed by atoms with E-state index in [0.717, 1.165) is 22.2 Å². The summed E-state index contributed by atoms with van der Waals surface area (Å²) in [6.07, 6.45) is -2.85. The smallest absolute Gasteiger partial charge is 0.229 e. The molecule has 1 aliphatic heterocycles. The van der Waals surface area contributed by atoms with Crippen LogP contribution in [0.3, 0.4) is 0 Å². The largest absolute Gasteiger partial charge is 0.493 e. The SMILES string of the molecule is COc1cc(C=Cc2ccc3ccccc3[n+]2C)ccc1OC1O[C@H](CO)[C@@H](O)[C@H](O)[C@H]1O. The van der Waals surface area contributed by atoms with Crippen LogP contribution < -0.4 is 14.0 Å². The molecule has 0 saturated carbocycles. The van der Waals surface area contributed by atoms with Gasteiger partial charge in [0.2, 0.25) is 17.5 Å². The topological polar surface area (TPSA) is 112 Å². The Bertz CT molecular complexity index is 1150. The van der Waals surface area contributed by atoms with E-state index in [9.17, 15) is 20.4 Å². The Morgan fingerprint density at radius 3 is 2.48 bits per heavy atom. The van der Waals surface area contributed by atoms with Crippen molar-refractivity contribution in [2.75, 3.05) is 13.7 Å². The van der Waals surface area contributed by atoms with E-state index in [1.807, 2.05) is 43.5 Å². The van der Waals surface area contributed by atoms with Gasteiger partial charge < -0.3 is 34.6 Å². The molecule has 0 aliphatic carbocycles. The third kappa shape index (κ3) is 4.71. The number of hydrogen-bond acceptors (Lipinski definition) is 7. The molecule has 1 fully saturated rings. The molecule has 4 N–H and O–H groups in total. The first-order valence-corrected chi connectivity index (χ1v) is 10.6. The van der Waals surface area contributed by atoms with E-state index in [2.05, 4.69) is 22.8 Å². The summed E-state index contributed by atoms with van der Waals surface area (Å²) >= 11 is 0. The van der Waals surface area contributed by atoms with Gasteiger partial charge in [-0.25, -0.2) is 0 Å². The normalized spacial score (nSPS) is 25.5. The lowest BCUT2D eigenvalue weighted by atomic mass is 9.99. The van der Waals surface area contributed by atoms with Crippen LogP contribution in [0.15, 0.2) is 54.6 Å². The zero-order valence-corrected chi connectivity index (χ0v) is 18.4. The van der Waals surface area contributed by atoms with Crippen molar-refractivity contribution in [3.63, 3.8) is 0 Å². The van der Waals surface area contributed by atoms with E-state index < -0.39 is 37.3 Å². The first kappa shape index (κ1) is 23.2. The minimum atomic E-state index is -1.52. The number of aliphatic hydroxyl groups excluding tert-OH is 4. The summed E-state index contributed by atoms with van der Waals surface area (Å²) < 4.78 is 18.7. The summed E-state index contributed by atoms with van der Waals surface area (Å²) in [6.45, 7) is -0.530. The maximum absolute atomic E-state index is 10.2. The second-order valence-corrected chi connectivity index (χ2v) is 7.93. The van der Waals surface area contributed by atoms with Gasteiger partial charge >= 0.3 is 0 Å². The summed E-state index contributed by atoms with van der Waals surface area (Å²) in [4.78, 5) is 0. The van der Waals surface area contributed by atoms with Crippen molar-refractivity contribution in [2.45, 2.75) is 30.7 Å². The molecule has 8 nitrogen and oxygen atoms in total. The Morgan fingerprint density at radius 2 is 1.73 bits per heavy atom. The number of benzene rings is 2. The van der Waals surface area contributed by atoms with Gasteiger partial charge in [0.15, 0.2) is 11.5 Å². The maximum Gasteiger partial charge on any atom is 0.229 e. The molecule has 0 spiro atoms. The molecule has 8 heteroatoms. The molecule has 33 heavy (non-hydrogen) atoms. The molecular weight excluding hydrogens is 426 g/mol. The lowest BCUT2D eigenvalue weighted by Crippen LogP contribution is -2.60. The molecule has 4 rings (SSSR count). The summed E-state index contributed by atoms with van der Waals surface area (Å²) in [5.41, 5.74) is 3.01. The molecular formula is C25H28NO7+. The first-order valence-electron chi connectivity index (χ1n) is 10.6. The fourth-order valence-electron chi connectivity index (χ4n) is 3.88. The van der Waals surface area contributed by atoms with Gasteiger partial charge in [-0.1, -0.05) is 18.2 Å². The van der Waals surface area contributed by atoms with Crippen LogP contribution in [0.2, 0.25) is 0 Å². The monoisotopic (exact) mass is 454 g/mol. The van der Waals surface area contributed by atoms with Gasteiger partial charge in [0.1, 0.15) is 31.5 Å². The highest BCUT2D eigenvalue weighted by atomic mass is 16.7. The Hall–Kier alpha value is -3.01. The average molecular weight is 454 g/mol. The molecule has 2 heterocycles. The Balaban J connectivity index is 1.54. The molecule has 0 bridgehead atoms. The molecule has 1 saturated heterocycles. The number of nitrogens with zero attached hydrogens (tertiary/aromatic N) is 1. The van der Waals surface area contributed by atoms with E-state index in [4.69, 9.17) is 14.2 Å². The predicted molar refractivity (Wildman–Crippen MR) is 121 cm³/mol. The van der Waals surface area contributed by atoms with Crippen LogP contribution >= 0.6 is 0 Å². The van der Waals surface area contributed by atoms with Crippen LogP contribution in [0, 0.1) is 0 Å². The van der Waals surface area contributed by atoms with Gasteiger partial charge in [-0.2, -0.15) is 4.57 Å². The van der Waals surface area contributed by atoms with Gasteiger partial charge in [-0.15, -0.1) is 0 Å². The standard InChI is InChI=1S/C25H28NO7/c1-26-17(11-9-16-5-3-4-6-18(16)26)10-7-15-8-12-19(20(13-15)31-2)32-25-24(30)23(29)22(28)21(14-27)33-25/h3-13,21-25,27-30H,14H2,1-2H3/q+1/t21-,22-,23+,24-,25?/m1/s1. The van der Waals surface area contributed by atoms with E-state index >= 15 is 0 Å². The van der Waals surface area contributed by atoms with Crippen molar-refractivity contribution in [1.29, 1.82) is 0 Å². The number of methoxy groups -OCH3 is 1. The molecule has 2 aromatic carbocycles. The van der Waals surface area contributed by atoms with Crippen molar-refractivity contribution in [3.8, 4) is 11.5 Å².